The van der Waals surface area contributed by atoms with E-state index >= 15 is 0 Å². The fourth-order valence-electron chi connectivity index (χ4n) is 3.14. The van der Waals surface area contributed by atoms with Crippen LogP contribution in [0.15, 0.2) is 12.5 Å². The van der Waals surface area contributed by atoms with E-state index in [1.807, 2.05) is 20.1 Å². The van der Waals surface area contributed by atoms with Crippen molar-refractivity contribution in [1.82, 2.24) is 25.9 Å². The second-order valence-electron chi connectivity index (χ2n) is 8.98. The minimum atomic E-state index is -1.14. The molecule has 4 unspecified atom stereocenters. The molecule has 12 heteroatoms. The van der Waals surface area contributed by atoms with Gasteiger partial charge in [-0.1, -0.05) is 27.7 Å². The van der Waals surface area contributed by atoms with Gasteiger partial charge in [-0.2, -0.15) is 11.8 Å². The number of aromatic nitrogens is 2. The highest BCUT2D eigenvalue weighted by Gasteiger charge is 2.31. The van der Waals surface area contributed by atoms with Crippen molar-refractivity contribution in [3.8, 4) is 0 Å². The topological polar surface area (TPSA) is 179 Å². The molecule has 1 aromatic heterocycles. The lowest BCUT2D eigenvalue weighted by Gasteiger charge is -2.26. The number of rotatable bonds is 15. The quantitative estimate of drug-likeness (QED) is 0.199. The number of thioether (sulfide) groups is 1. The van der Waals surface area contributed by atoms with E-state index in [1.165, 1.54) is 24.3 Å². The summed E-state index contributed by atoms with van der Waals surface area (Å²) in [5.74, 6) is -2.29. The van der Waals surface area contributed by atoms with Crippen molar-refractivity contribution in [3.63, 3.8) is 0 Å². The van der Waals surface area contributed by atoms with Crippen LogP contribution in [-0.2, 0) is 25.6 Å². The number of carbonyl (C=O) groups excluding carboxylic acids is 3. The monoisotopic (exact) mass is 498 g/mol. The van der Waals surface area contributed by atoms with Crippen LogP contribution in [0.25, 0.3) is 0 Å². The summed E-state index contributed by atoms with van der Waals surface area (Å²) >= 11 is 1.49. The summed E-state index contributed by atoms with van der Waals surface area (Å²) in [7, 11) is 0. The van der Waals surface area contributed by atoms with Gasteiger partial charge in [-0.25, -0.2) is 9.78 Å². The molecule has 0 radical (unpaired) electrons. The molecule has 0 aliphatic rings. The molecule has 192 valence electrons. The molecule has 11 nitrogen and oxygen atoms in total. The van der Waals surface area contributed by atoms with Gasteiger partial charge < -0.3 is 31.8 Å². The molecule has 34 heavy (non-hydrogen) atoms. The minimum Gasteiger partial charge on any atom is -0.480 e. The Balaban J connectivity index is 3.03. The Morgan fingerprint density at radius 3 is 2.12 bits per heavy atom. The number of carboxylic acids is 1. The smallest absolute Gasteiger partial charge is 0.326 e. The number of carboxylic acid groups (broad SMARTS) is 1. The summed E-state index contributed by atoms with van der Waals surface area (Å²) in [5.41, 5.74) is 6.55. The van der Waals surface area contributed by atoms with E-state index in [0.29, 0.717) is 17.9 Å². The molecule has 0 aromatic carbocycles. The van der Waals surface area contributed by atoms with E-state index in [2.05, 4.69) is 25.9 Å². The van der Waals surface area contributed by atoms with E-state index < -0.39 is 47.9 Å². The molecule has 0 aliphatic carbocycles. The van der Waals surface area contributed by atoms with Crippen LogP contribution in [0.5, 0.6) is 0 Å². The molecule has 0 saturated heterocycles. The number of nitrogens with zero attached hydrogens (tertiary/aromatic N) is 1. The SMILES string of the molecule is CSCCC(NC(=O)C(Cc1cnc[nH]1)NC(=O)C(N)C(C)C)C(=O)NC(CC(C)C)C(=O)O. The van der Waals surface area contributed by atoms with Gasteiger partial charge in [-0.05, 0) is 36.7 Å². The first kappa shape index (κ1) is 29.4. The molecule has 7 N–H and O–H groups in total. The molecular weight excluding hydrogens is 460 g/mol. The zero-order valence-electron chi connectivity index (χ0n) is 20.5. The number of aromatic amines is 1. The Labute approximate surface area is 204 Å². The third-order valence-electron chi connectivity index (χ3n) is 5.20. The summed E-state index contributed by atoms with van der Waals surface area (Å²) < 4.78 is 0. The fraction of sp³-hybridized carbons (Fsp3) is 0.682. The average Bonchev–Trinajstić information content (AvgIpc) is 3.27. The van der Waals surface area contributed by atoms with E-state index in [9.17, 15) is 24.3 Å². The zero-order chi connectivity index (χ0) is 25.8. The highest BCUT2D eigenvalue weighted by atomic mass is 32.2. The van der Waals surface area contributed by atoms with Gasteiger partial charge in [0.15, 0.2) is 0 Å². The first-order valence-corrected chi connectivity index (χ1v) is 12.7. The first-order valence-electron chi connectivity index (χ1n) is 11.3. The van der Waals surface area contributed by atoms with Crippen molar-refractivity contribution in [2.75, 3.05) is 12.0 Å². The number of hydrogen-bond acceptors (Lipinski definition) is 7. The summed E-state index contributed by atoms with van der Waals surface area (Å²) in [4.78, 5) is 57.0. The van der Waals surface area contributed by atoms with Crippen LogP contribution in [0.3, 0.4) is 0 Å². The van der Waals surface area contributed by atoms with Crippen molar-refractivity contribution in [3.05, 3.63) is 18.2 Å². The number of carbonyl (C=O) groups is 4. The van der Waals surface area contributed by atoms with E-state index in [1.54, 1.807) is 13.8 Å². The van der Waals surface area contributed by atoms with Crippen molar-refractivity contribution in [2.45, 2.75) is 71.1 Å². The van der Waals surface area contributed by atoms with Crippen LogP contribution in [-0.4, -0.2) is 74.9 Å². The normalized spacial score (nSPS) is 14.8. The van der Waals surface area contributed by atoms with E-state index in [0.717, 1.165) is 0 Å². The Hall–Kier alpha value is -2.60. The number of imidazole rings is 1. The van der Waals surface area contributed by atoms with Crippen molar-refractivity contribution in [2.24, 2.45) is 17.6 Å². The third-order valence-corrected chi connectivity index (χ3v) is 5.84. The van der Waals surface area contributed by atoms with Crippen LogP contribution >= 0.6 is 11.8 Å². The van der Waals surface area contributed by atoms with Crippen molar-refractivity contribution in [1.29, 1.82) is 0 Å². The summed E-state index contributed by atoms with van der Waals surface area (Å²) in [6.45, 7) is 7.32. The van der Waals surface area contributed by atoms with E-state index in [-0.39, 0.29) is 24.7 Å². The number of nitrogens with two attached hydrogens (primary N) is 1. The molecule has 0 spiro atoms. The maximum atomic E-state index is 13.2. The van der Waals surface area contributed by atoms with Gasteiger partial charge in [-0.3, -0.25) is 14.4 Å². The average molecular weight is 499 g/mol. The molecule has 1 aromatic rings. The lowest BCUT2D eigenvalue weighted by molar-refractivity contribution is -0.142. The minimum absolute atomic E-state index is 0.0554. The molecule has 0 saturated carbocycles. The highest BCUT2D eigenvalue weighted by molar-refractivity contribution is 7.98. The fourth-order valence-corrected chi connectivity index (χ4v) is 3.61. The Morgan fingerprint density at radius 1 is 1.03 bits per heavy atom. The van der Waals surface area contributed by atoms with Gasteiger partial charge in [0, 0.05) is 18.3 Å². The van der Waals surface area contributed by atoms with Gasteiger partial charge in [0.25, 0.3) is 0 Å². The Morgan fingerprint density at radius 2 is 1.62 bits per heavy atom. The number of H-pyrrole nitrogens is 1. The predicted octanol–water partition coefficient (Wildman–Crippen LogP) is 0.274. The lowest BCUT2D eigenvalue weighted by Crippen LogP contribution is -2.58. The van der Waals surface area contributed by atoms with Crippen molar-refractivity contribution < 1.29 is 24.3 Å². The van der Waals surface area contributed by atoms with Crippen LogP contribution in [0.1, 0.15) is 46.2 Å². The molecule has 1 heterocycles. The van der Waals surface area contributed by atoms with Crippen LogP contribution in [0, 0.1) is 11.8 Å². The molecule has 0 fully saturated rings. The summed E-state index contributed by atoms with van der Waals surface area (Å²) in [6.07, 6.45) is 5.53. The second kappa shape index (κ2) is 14.6. The van der Waals surface area contributed by atoms with Crippen LogP contribution < -0.4 is 21.7 Å². The molecule has 3 amide bonds. The number of aliphatic carboxylic acids is 1. The molecule has 0 aliphatic heterocycles. The van der Waals surface area contributed by atoms with Gasteiger partial charge in [0.2, 0.25) is 17.7 Å². The summed E-state index contributed by atoms with van der Waals surface area (Å²) in [5, 5.41) is 17.4. The van der Waals surface area contributed by atoms with Crippen LogP contribution in [0.2, 0.25) is 0 Å². The molecule has 0 bridgehead atoms. The van der Waals surface area contributed by atoms with Gasteiger partial charge >= 0.3 is 5.97 Å². The van der Waals surface area contributed by atoms with Gasteiger partial charge in [0.05, 0.1) is 12.4 Å². The maximum Gasteiger partial charge on any atom is 0.326 e. The molecular formula is C22H38N6O5S. The Kier molecular flexibility index (Phi) is 12.7. The second-order valence-corrected chi connectivity index (χ2v) is 9.97. The predicted molar refractivity (Wildman–Crippen MR) is 131 cm³/mol. The Bertz CT molecular complexity index is 802. The largest absolute Gasteiger partial charge is 0.480 e. The van der Waals surface area contributed by atoms with Gasteiger partial charge in [-0.15, -0.1) is 0 Å². The molecule has 4 atom stereocenters. The third kappa shape index (κ3) is 10.1. The molecule has 1 rings (SSSR count). The zero-order valence-corrected chi connectivity index (χ0v) is 21.3. The number of nitrogens with one attached hydrogen (secondary N) is 4. The maximum absolute atomic E-state index is 13.2. The van der Waals surface area contributed by atoms with Crippen molar-refractivity contribution >= 4 is 35.5 Å². The van der Waals surface area contributed by atoms with Gasteiger partial charge in [0.1, 0.15) is 18.1 Å². The number of hydrogen-bond donors (Lipinski definition) is 6. The van der Waals surface area contributed by atoms with Crippen LogP contribution in [0.4, 0.5) is 0 Å². The van der Waals surface area contributed by atoms with E-state index in [4.69, 9.17) is 5.73 Å². The standard InChI is InChI=1S/C22H38N6O5S/c1-12(2)8-17(22(32)33)28-19(29)15(6-7-34-5)26-20(30)16(9-14-10-24-11-25-14)27-21(31)18(23)13(3)4/h10-13,15-18H,6-9,23H2,1-5H3,(H,24,25)(H,26,30)(H,27,31)(H,28,29)(H,32,33). The first-order chi connectivity index (χ1) is 16.0. The number of amides is 3. The lowest BCUT2D eigenvalue weighted by atomic mass is 10.0. The highest BCUT2D eigenvalue weighted by Crippen LogP contribution is 2.09. The summed E-state index contributed by atoms with van der Waals surface area (Å²) in [6, 6.07) is -3.84.